The number of hydrogen-bond acceptors (Lipinski definition) is 4. The van der Waals surface area contributed by atoms with Gasteiger partial charge in [-0.05, 0) is 24.4 Å². The number of nitrogens with zero attached hydrogens (tertiary/aromatic N) is 2. The van der Waals surface area contributed by atoms with Crippen molar-refractivity contribution in [3.8, 4) is 5.75 Å². The molecule has 0 aliphatic heterocycles. The second-order valence-electron chi connectivity index (χ2n) is 2.18. The number of aromatic hydroxyl groups is 1. The summed E-state index contributed by atoms with van der Waals surface area (Å²) in [6.07, 6.45) is 2.76. The summed E-state index contributed by atoms with van der Waals surface area (Å²) in [5.41, 5.74) is 8.11. The summed E-state index contributed by atoms with van der Waals surface area (Å²) in [5.74, 6) is 0.111. The summed E-state index contributed by atoms with van der Waals surface area (Å²) >= 11 is 4.52. The first-order chi connectivity index (χ1) is 6.18. The molecule has 1 rings (SSSR count). The number of thiocarbonyl (C=S) groups is 1. The van der Waals surface area contributed by atoms with E-state index in [0.717, 1.165) is 0 Å². The Labute approximate surface area is 80.3 Å². The second-order valence-corrected chi connectivity index (χ2v) is 2.62. The third kappa shape index (κ3) is 3.48. The lowest BCUT2D eigenvalue weighted by molar-refractivity contribution is 0.472. The van der Waals surface area contributed by atoms with E-state index in [1.165, 1.54) is 18.5 Å². The normalized spacial score (nSPS) is 10.2. The number of rotatable bonds is 2. The van der Waals surface area contributed by atoms with Crippen LogP contribution in [-0.4, -0.2) is 21.4 Å². The zero-order valence-electron chi connectivity index (χ0n) is 6.64. The lowest BCUT2D eigenvalue weighted by Crippen LogP contribution is -2.24. The number of nitrogens with one attached hydrogen (secondary N) is 1. The van der Waals surface area contributed by atoms with Crippen molar-refractivity contribution in [2.75, 3.05) is 0 Å². The Morgan fingerprint density at radius 1 is 1.69 bits per heavy atom. The Kier molecular flexibility index (Phi) is 3.15. The zero-order chi connectivity index (χ0) is 9.68. The van der Waals surface area contributed by atoms with Crippen molar-refractivity contribution < 1.29 is 5.11 Å². The van der Waals surface area contributed by atoms with Gasteiger partial charge in [-0.15, -0.1) is 0 Å². The van der Waals surface area contributed by atoms with Gasteiger partial charge < -0.3 is 10.8 Å². The highest BCUT2D eigenvalue weighted by Crippen LogP contribution is 2.03. The molecule has 0 aromatic carbocycles. The van der Waals surface area contributed by atoms with E-state index < -0.39 is 0 Å². The van der Waals surface area contributed by atoms with Crippen molar-refractivity contribution in [1.29, 1.82) is 0 Å². The summed E-state index contributed by atoms with van der Waals surface area (Å²) in [6, 6.07) is 3.12. The minimum Gasteiger partial charge on any atom is -0.506 e. The predicted molar refractivity (Wildman–Crippen MR) is 53.4 cm³/mol. The highest BCUT2D eigenvalue weighted by molar-refractivity contribution is 7.80. The highest BCUT2D eigenvalue weighted by atomic mass is 32.1. The van der Waals surface area contributed by atoms with Gasteiger partial charge in [-0.2, -0.15) is 5.10 Å². The van der Waals surface area contributed by atoms with Crippen LogP contribution in [0, 0.1) is 0 Å². The number of aromatic nitrogens is 1. The molecule has 5 nitrogen and oxygen atoms in total. The minimum absolute atomic E-state index is 0.0926. The maximum atomic E-state index is 8.91. The molecule has 0 unspecified atom stereocenters. The first-order valence-electron chi connectivity index (χ1n) is 3.42. The standard InChI is InChI=1S/C7H8N4OS/c8-7(13)11-10-3-5-1-2-6(12)4-9-5/h1-4,12H,(H3,8,11,13)/b10-3-. The van der Waals surface area contributed by atoms with E-state index >= 15 is 0 Å². The predicted octanol–water partition coefficient (Wildman–Crippen LogP) is -0.0457. The quantitative estimate of drug-likeness (QED) is 0.351. The van der Waals surface area contributed by atoms with Crippen molar-refractivity contribution in [1.82, 2.24) is 10.4 Å². The van der Waals surface area contributed by atoms with Crippen molar-refractivity contribution in [3.05, 3.63) is 24.0 Å². The summed E-state index contributed by atoms with van der Waals surface area (Å²) in [7, 11) is 0. The first-order valence-corrected chi connectivity index (χ1v) is 3.83. The molecule has 68 valence electrons. The van der Waals surface area contributed by atoms with Crippen LogP contribution in [0.3, 0.4) is 0 Å². The van der Waals surface area contributed by atoms with Gasteiger partial charge in [-0.3, -0.25) is 10.4 Å². The Balaban J connectivity index is 2.59. The maximum absolute atomic E-state index is 8.91. The van der Waals surface area contributed by atoms with Gasteiger partial charge in [0.2, 0.25) is 0 Å². The molecule has 1 aromatic rings. The zero-order valence-corrected chi connectivity index (χ0v) is 7.45. The van der Waals surface area contributed by atoms with Crippen LogP contribution in [0.1, 0.15) is 5.69 Å². The molecule has 4 N–H and O–H groups in total. The van der Waals surface area contributed by atoms with Crippen LogP contribution < -0.4 is 11.2 Å². The molecule has 0 aliphatic carbocycles. The van der Waals surface area contributed by atoms with E-state index in [0.29, 0.717) is 5.69 Å². The molecule has 0 saturated heterocycles. The second kappa shape index (κ2) is 4.36. The van der Waals surface area contributed by atoms with E-state index in [4.69, 9.17) is 10.8 Å². The van der Waals surface area contributed by atoms with Crippen LogP contribution in [-0.2, 0) is 0 Å². The molecule has 0 fully saturated rings. The molecule has 6 heteroatoms. The molecule has 0 aliphatic rings. The largest absolute Gasteiger partial charge is 0.506 e. The van der Waals surface area contributed by atoms with Gasteiger partial charge in [0.05, 0.1) is 18.1 Å². The maximum Gasteiger partial charge on any atom is 0.184 e. The SMILES string of the molecule is NC(=S)N/N=C\c1ccc(O)cn1. The molecule has 0 atom stereocenters. The molecule has 0 spiro atoms. The molecule has 0 saturated carbocycles. The number of hydrazone groups is 1. The summed E-state index contributed by atoms with van der Waals surface area (Å²) in [4.78, 5) is 3.85. The Hall–Kier alpha value is -1.69. The van der Waals surface area contributed by atoms with Crippen LogP contribution in [0.15, 0.2) is 23.4 Å². The summed E-state index contributed by atoms with van der Waals surface area (Å²) in [5, 5.41) is 12.7. The lowest BCUT2D eigenvalue weighted by Gasteiger charge is -1.94. The van der Waals surface area contributed by atoms with E-state index in [9.17, 15) is 0 Å². The Bertz CT molecular complexity index is 322. The van der Waals surface area contributed by atoms with Crippen molar-refractivity contribution in [2.45, 2.75) is 0 Å². The minimum atomic E-state index is 0.0926. The topological polar surface area (TPSA) is 83.5 Å². The van der Waals surface area contributed by atoms with Gasteiger partial charge in [-0.1, -0.05) is 0 Å². The van der Waals surface area contributed by atoms with Crippen LogP contribution in [0.25, 0.3) is 0 Å². The fourth-order valence-electron chi connectivity index (χ4n) is 0.636. The Morgan fingerprint density at radius 2 is 2.46 bits per heavy atom. The smallest absolute Gasteiger partial charge is 0.184 e. The first kappa shape index (κ1) is 9.40. The molecule has 1 aromatic heterocycles. The molecular formula is C7H8N4OS. The van der Waals surface area contributed by atoms with Gasteiger partial charge in [0, 0.05) is 0 Å². The molecular weight excluding hydrogens is 188 g/mol. The van der Waals surface area contributed by atoms with Crippen molar-refractivity contribution in [3.63, 3.8) is 0 Å². The number of nitrogens with two attached hydrogens (primary N) is 1. The fourth-order valence-corrected chi connectivity index (χ4v) is 0.689. The third-order valence-electron chi connectivity index (χ3n) is 1.14. The summed E-state index contributed by atoms with van der Waals surface area (Å²) in [6.45, 7) is 0. The molecule has 13 heavy (non-hydrogen) atoms. The van der Waals surface area contributed by atoms with Crippen LogP contribution in [0.4, 0.5) is 0 Å². The van der Waals surface area contributed by atoms with Gasteiger partial charge >= 0.3 is 0 Å². The third-order valence-corrected chi connectivity index (χ3v) is 1.23. The number of pyridine rings is 1. The van der Waals surface area contributed by atoms with E-state index in [-0.39, 0.29) is 10.9 Å². The van der Waals surface area contributed by atoms with E-state index in [2.05, 4.69) is 27.7 Å². The van der Waals surface area contributed by atoms with Crippen LogP contribution in [0.5, 0.6) is 5.75 Å². The molecule has 0 radical (unpaired) electrons. The summed E-state index contributed by atoms with van der Waals surface area (Å²) < 4.78 is 0. The van der Waals surface area contributed by atoms with Crippen LogP contribution >= 0.6 is 12.2 Å². The molecule has 0 amide bonds. The van der Waals surface area contributed by atoms with Gasteiger partial charge in [0.15, 0.2) is 5.11 Å². The van der Waals surface area contributed by atoms with E-state index in [1.54, 1.807) is 6.07 Å². The monoisotopic (exact) mass is 196 g/mol. The highest BCUT2D eigenvalue weighted by Gasteiger charge is 1.89. The van der Waals surface area contributed by atoms with Crippen molar-refractivity contribution in [2.24, 2.45) is 10.8 Å². The Morgan fingerprint density at radius 3 is 3.00 bits per heavy atom. The van der Waals surface area contributed by atoms with Crippen LogP contribution in [0.2, 0.25) is 0 Å². The van der Waals surface area contributed by atoms with Gasteiger partial charge in [-0.25, -0.2) is 0 Å². The van der Waals surface area contributed by atoms with Gasteiger partial charge in [0.1, 0.15) is 5.75 Å². The number of hydrogen-bond donors (Lipinski definition) is 3. The fraction of sp³-hybridized carbons (Fsp3) is 0. The average Bonchev–Trinajstić information content (AvgIpc) is 2.08. The van der Waals surface area contributed by atoms with E-state index in [1.807, 2.05) is 0 Å². The molecule has 0 bridgehead atoms. The average molecular weight is 196 g/mol. The van der Waals surface area contributed by atoms with Crippen molar-refractivity contribution >= 4 is 23.5 Å². The van der Waals surface area contributed by atoms with Gasteiger partial charge in [0.25, 0.3) is 0 Å². The lowest BCUT2D eigenvalue weighted by atomic mass is 10.4. The molecule has 1 heterocycles.